The number of nitrogens with zero attached hydrogens (tertiary/aromatic N) is 2. The molecule has 0 radical (unpaired) electrons. The zero-order valence-electron chi connectivity index (χ0n) is 11.3. The minimum atomic E-state index is -0.326. The Labute approximate surface area is 116 Å². The second-order valence-corrected chi connectivity index (χ2v) is 5.05. The molecule has 2 heterocycles. The first-order chi connectivity index (χ1) is 9.74. The number of para-hydroxylation sites is 1. The number of hydrogen-bond donors (Lipinski definition) is 1. The molecule has 3 rings (SSSR count). The van der Waals surface area contributed by atoms with Crippen LogP contribution in [0, 0.1) is 5.82 Å². The highest BCUT2D eigenvalue weighted by molar-refractivity contribution is 5.92. The topological polar surface area (TPSA) is 45.6 Å². The van der Waals surface area contributed by atoms with Crippen LogP contribution in [0.2, 0.25) is 0 Å². The zero-order chi connectivity index (χ0) is 14.1. The molecule has 1 N–H and O–H groups in total. The lowest BCUT2D eigenvalue weighted by molar-refractivity contribution is 0.115. The Hall–Kier alpha value is -1.72. The van der Waals surface area contributed by atoms with E-state index in [0.717, 1.165) is 17.5 Å². The molecule has 1 aromatic heterocycles. The van der Waals surface area contributed by atoms with Crippen molar-refractivity contribution in [3.63, 3.8) is 0 Å². The molecule has 20 heavy (non-hydrogen) atoms. The van der Waals surface area contributed by atoms with Gasteiger partial charge in [-0.3, -0.25) is 4.98 Å². The third-order valence-electron chi connectivity index (χ3n) is 3.93. The number of methoxy groups -OCH3 is 1. The standard InChI is InChI=1S/C15H17FN2O2/c1-20-11-7-10(9-19)18(8-11)14-5-6-17-15-12(14)3-2-4-13(15)16/h2-6,10-11,19H,7-9H2,1H3/t10-,11+/m0/s1. The summed E-state index contributed by atoms with van der Waals surface area (Å²) in [5.41, 5.74) is 1.26. The molecule has 1 aliphatic heterocycles. The number of aromatic nitrogens is 1. The van der Waals surface area contributed by atoms with Gasteiger partial charge in [-0.25, -0.2) is 4.39 Å². The lowest BCUT2D eigenvalue weighted by Gasteiger charge is -2.26. The van der Waals surface area contributed by atoms with Crippen molar-refractivity contribution in [2.75, 3.05) is 25.2 Å². The van der Waals surface area contributed by atoms with Gasteiger partial charge in [-0.2, -0.15) is 0 Å². The highest BCUT2D eigenvalue weighted by Crippen LogP contribution is 2.32. The third kappa shape index (κ3) is 2.13. The number of anilines is 1. The summed E-state index contributed by atoms with van der Waals surface area (Å²) in [7, 11) is 1.67. The van der Waals surface area contributed by atoms with Crippen LogP contribution in [0.15, 0.2) is 30.5 Å². The van der Waals surface area contributed by atoms with Gasteiger partial charge in [0.1, 0.15) is 11.3 Å². The van der Waals surface area contributed by atoms with Gasteiger partial charge in [0.25, 0.3) is 0 Å². The van der Waals surface area contributed by atoms with Gasteiger partial charge in [0.05, 0.1) is 18.8 Å². The fourth-order valence-corrected chi connectivity index (χ4v) is 2.89. The lowest BCUT2D eigenvalue weighted by atomic mass is 10.1. The van der Waals surface area contributed by atoms with Crippen molar-refractivity contribution in [3.05, 3.63) is 36.3 Å². The Bertz CT molecular complexity index is 620. The molecular formula is C15H17FN2O2. The molecule has 0 spiro atoms. The predicted octanol–water partition coefficient (Wildman–Crippen LogP) is 1.96. The molecule has 0 amide bonds. The van der Waals surface area contributed by atoms with E-state index in [1.54, 1.807) is 19.4 Å². The Morgan fingerprint density at radius 1 is 1.45 bits per heavy atom. The maximum absolute atomic E-state index is 13.8. The second-order valence-electron chi connectivity index (χ2n) is 5.05. The number of pyridine rings is 1. The van der Waals surface area contributed by atoms with E-state index in [1.807, 2.05) is 12.1 Å². The van der Waals surface area contributed by atoms with E-state index in [0.29, 0.717) is 12.1 Å². The van der Waals surface area contributed by atoms with Crippen LogP contribution in [0.4, 0.5) is 10.1 Å². The molecule has 2 aromatic rings. The maximum atomic E-state index is 13.8. The van der Waals surface area contributed by atoms with Crippen molar-refractivity contribution in [1.82, 2.24) is 4.98 Å². The van der Waals surface area contributed by atoms with Crippen LogP contribution in [0.1, 0.15) is 6.42 Å². The number of ether oxygens (including phenoxy) is 1. The molecule has 0 aliphatic carbocycles. The number of hydrogen-bond acceptors (Lipinski definition) is 4. The average molecular weight is 276 g/mol. The molecule has 0 unspecified atom stereocenters. The van der Waals surface area contributed by atoms with Crippen molar-refractivity contribution in [2.45, 2.75) is 18.6 Å². The van der Waals surface area contributed by atoms with E-state index in [4.69, 9.17) is 4.74 Å². The Morgan fingerprint density at radius 2 is 2.30 bits per heavy atom. The number of aliphatic hydroxyl groups excluding tert-OH is 1. The van der Waals surface area contributed by atoms with Gasteiger partial charge in [-0.15, -0.1) is 0 Å². The number of fused-ring (bicyclic) bond motifs is 1. The van der Waals surface area contributed by atoms with Crippen LogP contribution in [0.25, 0.3) is 10.9 Å². The number of aliphatic hydroxyl groups is 1. The van der Waals surface area contributed by atoms with Crippen molar-refractivity contribution in [2.24, 2.45) is 0 Å². The van der Waals surface area contributed by atoms with Crippen LogP contribution in [-0.2, 0) is 4.74 Å². The monoisotopic (exact) mass is 276 g/mol. The first kappa shape index (κ1) is 13.3. The van der Waals surface area contributed by atoms with Gasteiger partial charge in [0.15, 0.2) is 0 Å². The minimum absolute atomic E-state index is 0.00572. The van der Waals surface area contributed by atoms with Crippen LogP contribution >= 0.6 is 0 Å². The van der Waals surface area contributed by atoms with E-state index < -0.39 is 0 Å². The minimum Gasteiger partial charge on any atom is -0.394 e. The maximum Gasteiger partial charge on any atom is 0.149 e. The quantitative estimate of drug-likeness (QED) is 0.931. The summed E-state index contributed by atoms with van der Waals surface area (Å²) in [5.74, 6) is -0.326. The van der Waals surface area contributed by atoms with Gasteiger partial charge in [-0.05, 0) is 18.6 Å². The van der Waals surface area contributed by atoms with E-state index in [1.165, 1.54) is 6.07 Å². The molecule has 1 aromatic carbocycles. The normalized spacial score (nSPS) is 22.6. The Balaban J connectivity index is 2.08. The van der Waals surface area contributed by atoms with E-state index in [-0.39, 0.29) is 24.6 Å². The molecule has 0 saturated carbocycles. The van der Waals surface area contributed by atoms with Crippen molar-refractivity contribution in [3.8, 4) is 0 Å². The molecule has 0 bridgehead atoms. The molecular weight excluding hydrogens is 259 g/mol. The molecule has 4 nitrogen and oxygen atoms in total. The highest BCUT2D eigenvalue weighted by Gasteiger charge is 2.32. The van der Waals surface area contributed by atoms with Gasteiger partial charge >= 0.3 is 0 Å². The number of benzene rings is 1. The van der Waals surface area contributed by atoms with Gasteiger partial charge in [0, 0.05) is 30.9 Å². The van der Waals surface area contributed by atoms with Crippen LogP contribution in [0.3, 0.4) is 0 Å². The van der Waals surface area contributed by atoms with E-state index in [2.05, 4.69) is 9.88 Å². The summed E-state index contributed by atoms with van der Waals surface area (Å²) < 4.78 is 19.2. The molecule has 1 aliphatic rings. The summed E-state index contributed by atoms with van der Waals surface area (Å²) in [6, 6.07) is 6.80. The second kappa shape index (κ2) is 5.34. The largest absolute Gasteiger partial charge is 0.394 e. The summed E-state index contributed by atoms with van der Waals surface area (Å²) >= 11 is 0. The highest BCUT2D eigenvalue weighted by atomic mass is 19.1. The smallest absolute Gasteiger partial charge is 0.149 e. The predicted molar refractivity (Wildman–Crippen MR) is 75.3 cm³/mol. The van der Waals surface area contributed by atoms with Gasteiger partial charge < -0.3 is 14.7 Å². The van der Waals surface area contributed by atoms with Gasteiger partial charge in [0.2, 0.25) is 0 Å². The molecule has 5 heteroatoms. The van der Waals surface area contributed by atoms with Crippen molar-refractivity contribution < 1.29 is 14.2 Å². The fourth-order valence-electron chi connectivity index (χ4n) is 2.89. The van der Waals surface area contributed by atoms with Crippen LogP contribution < -0.4 is 4.90 Å². The first-order valence-corrected chi connectivity index (χ1v) is 6.68. The summed E-state index contributed by atoms with van der Waals surface area (Å²) in [6.45, 7) is 0.746. The van der Waals surface area contributed by atoms with Crippen molar-refractivity contribution in [1.29, 1.82) is 0 Å². The molecule has 2 atom stereocenters. The Morgan fingerprint density at radius 3 is 3.05 bits per heavy atom. The molecule has 1 saturated heterocycles. The van der Waals surface area contributed by atoms with Crippen LogP contribution in [-0.4, -0.2) is 42.5 Å². The van der Waals surface area contributed by atoms with E-state index in [9.17, 15) is 9.50 Å². The average Bonchev–Trinajstić information content (AvgIpc) is 2.90. The van der Waals surface area contributed by atoms with Crippen LogP contribution in [0.5, 0.6) is 0 Å². The summed E-state index contributed by atoms with van der Waals surface area (Å²) in [6.07, 6.45) is 2.46. The SMILES string of the molecule is CO[C@@H]1C[C@@H](CO)N(c2ccnc3c(F)cccc23)C1. The Kier molecular flexibility index (Phi) is 3.54. The fraction of sp³-hybridized carbons (Fsp3) is 0.400. The first-order valence-electron chi connectivity index (χ1n) is 6.68. The summed E-state index contributed by atoms with van der Waals surface area (Å²) in [5, 5.41) is 10.3. The third-order valence-corrected chi connectivity index (χ3v) is 3.93. The number of halogens is 1. The van der Waals surface area contributed by atoms with Gasteiger partial charge in [-0.1, -0.05) is 12.1 Å². The van der Waals surface area contributed by atoms with Crippen molar-refractivity contribution >= 4 is 16.6 Å². The molecule has 106 valence electrons. The lowest BCUT2D eigenvalue weighted by Crippen LogP contribution is -2.32. The zero-order valence-corrected chi connectivity index (χ0v) is 11.3. The number of rotatable bonds is 3. The summed E-state index contributed by atoms with van der Waals surface area (Å²) in [4.78, 5) is 6.19. The molecule has 1 fully saturated rings. The van der Waals surface area contributed by atoms with E-state index >= 15 is 0 Å².